The van der Waals surface area contributed by atoms with E-state index in [1.54, 1.807) is 13.8 Å². The maximum absolute atomic E-state index is 12.6. The van der Waals surface area contributed by atoms with Crippen LogP contribution in [0.5, 0.6) is 11.5 Å². The molecule has 1 atom stereocenters. The lowest BCUT2D eigenvalue weighted by Crippen LogP contribution is -2.25. The highest BCUT2D eigenvalue weighted by molar-refractivity contribution is 5.92. The lowest BCUT2D eigenvalue weighted by Gasteiger charge is -2.27. The average Bonchev–Trinajstić information content (AvgIpc) is 3.21. The SMILES string of the molecule is CCOC(=O)C1=C(C)OC(N)=C(C#N)C1c1ccc(-c2ccc3c(c2)OCO3)cc1. The van der Waals surface area contributed by atoms with Crippen molar-refractivity contribution in [1.29, 1.82) is 5.26 Å². The molecule has 0 spiro atoms. The molecule has 30 heavy (non-hydrogen) atoms. The van der Waals surface area contributed by atoms with Crippen LogP contribution in [0.3, 0.4) is 0 Å². The molecule has 2 aromatic rings. The van der Waals surface area contributed by atoms with E-state index < -0.39 is 11.9 Å². The second kappa shape index (κ2) is 7.84. The standard InChI is InChI=1S/C23H20N2O5/c1-3-27-23(26)20-13(2)30-22(25)17(11-24)21(20)15-6-4-14(5-7-15)16-8-9-18-19(10-16)29-12-28-18/h4-10,21H,3,12,25H2,1-2H3. The van der Waals surface area contributed by atoms with Gasteiger partial charge in [0.2, 0.25) is 12.7 Å². The van der Waals surface area contributed by atoms with Crippen molar-refractivity contribution >= 4 is 5.97 Å². The number of esters is 1. The summed E-state index contributed by atoms with van der Waals surface area (Å²) >= 11 is 0. The molecule has 0 bridgehead atoms. The molecule has 7 heteroatoms. The molecule has 2 heterocycles. The van der Waals surface area contributed by atoms with Crippen molar-refractivity contribution in [3.05, 3.63) is 70.8 Å². The highest BCUT2D eigenvalue weighted by Crippen LogP contribution is 2.41. The zero-order valence-electron chi connectivity index (χ0n) is 16.6. The summed E-state index contributed by atoms with van der Waals surface area (Å²) in [4.78, 5) is 12.6. The van der Waals surface area contributed by atoms with E-state index in [-0.39, 0.29) is 30.4 Å². The number of nitrogens with two attached hydrogens (primary N) is 1. The smallest absolute Gasteiger partial charge is 0.338 e. The van der Waals surface area contributed by atoms with Crippen molar-refractivity contribution in [2.24, 2.45) is 5.73 Å². The molecule has 4 rings (SSSR count). The molecule has 2 aliphatic heterocycles. The van der Waals surface area contributed by atoms with E-state index in [1.807, 2.05) is 42.5 Å². The number of carbonyl (C=O) groups excluding carboxylic acids is 1. The minimum Gasteiger partial charge on any atom is -0.463 e. The largest absolute Gasteiger partial charge is 0.463 e. The van der Waals surface area contributed by atoms with Crippen LogP contribution in [-0.4, -0.2) is 19.4 Å². The highest BCUT2D eigenvalue weighted by Gasteiger charge is 2.36. The van der Waals surface area contributed by atoms with Crippen LogP contribution >= 0.6 is 0 Å². The fourth-order valence-electron chi connectivity index (χ4n) is 3.63. The van der Waals surface area contributed by atoms with Crippen LogP contribution in [0.4, 0.5) is 0 Å². The van der Waals surface area contributed by atoms with E-state index in [0.717, 1.165) is 22.4 Å². The second-order valence-electron chi connectivity index (χ2n) is 6.81. The molecule has 2 aliphatic rings. The van der Waals surface area contributed by atoms with Crippen LogP contribution in [0.1, 0.15) is 25.3 Å². The van der Waals surface area contributed by atoms with Crippen LogP contribution in [0.25, 0.3) is 11.1 Å². The van der Waals surface area contributed by atoms with Gasteiger partial charge in [-0.2, -0.15) is 5.26 Å². The molecule has 152 valence electrons. The summed E-state index contributed by atoms with van der Waals surface area (Å²) < 4.78 is 21.4. The normalized spacial score (nSPS) is 17.4. The predicted molar refractivity (Wildman–Crippen MR) is 108 cm³/mol. The first-order valence-corrected chi connectivity index (χ1v) is 9.49. The molecule has 2 N–H and O–H groups in total. The highest BCUT2D eigenvalue weighted by atomic mass is 16.7. The van der Waals surface area contributed by atoms with E-state index in [1.165, 1.54) is 0 Å². The second-order valence-corrected chi connectivity index (χ2v) is 6.81. The van der Waals surface area contributed by atoms with Crippen molar-refractivity contribution in [2.75, 3.05) is 13.4 Å². The third kappa shape index (κ3) is 3.33. The summed E-state index contributed by atoms with van der Waals surface area (Å²) in [6.45, 7) is 3.80. The van der Waals surface area contributed by atoms with Crippen LogP contribution in [0, 0.1) is 11.3 Å². The topological polar surface area (TPSA) is 104 Å². The number of hydrogen-bond donors (Lipinski definition) is 1. The molecule has 0 saturated heterocycles. The van der Waals surface area contributed by atoms with Crippen LogP contribution in [0.2, 0.25) is 0 Å². The van der Waals surface area contributed by atoms with Gasteiger partial charge in [-0.1, -0.05) is 30.3 Å². The van der Waals surface area contributed by atoms with Gasteiger partial charge < -0.3 is 24.7 Å². The maximum atomic E-state index is 12.6. The number of ether oxygens (including phenoxy) is 4. The Balaban J connectivity index is 1.72. The molecule has 7 nitrogen and oxygen atoms in total. The van der Waals surface area contributed by atoms with Gasteiger partial charge >= 0.3 is 5.97 Å². The molecule has 0 fully saturated rings. The number of rotatable bonds is 4. The van der Waals surface area contributed by atoms with Crippen LogP contribution in [-0.2, 0) is 14.3 Å². The molecule has 2 aromatic carbocycles. The Morgan fingerprint density at radius 2 is 1.87 bits per heavy atom. The molecule has 0 aromatic heterocycles. The Morgan fingerprint density at radius 1 is 1.17 bits per heavy atom. The number of fused-ring (bicyclic) bond motifs is 1. The summed E-state index contributed by atoms with van der Waals surface area (Å²) in [7, 11) is 0. The molecule has 0 amide bonds. The van der Waals surface area contributed by atoms with Gasteiger partial charge in [0.15, 0.2) is 11.5 Å². The van der Waals surface area contributed by atoms with Gasteiger partial charge in [0, 0.05) is 0 Å². The number of benzene rings is 2. The number of allylic oxidation sites excluding steroid dienone is 2. The Labute approximate surface area is 173 Å². The van der Waals surface area contributed by atoms with Gasteiger partial charge in [-0.05, 0) is 42.7 Å². The van der Waals surface area contributed by atoms with Crippen LogP contribution < -0.4 is 15.2 Å². The Bertz CT molecular complexity index is 1110. The summed E-state index contributed by atoms with van der Waals surface area (Å²) in [5.74, 6) is 0.555. The quantitative estimate of drug-likeness (QED) is 0.774. The Kier molecular flexibility index (Phi) is 5.07. The molecule has 0 radical (unpaired) electrons. The van der Waals surface area contributed by atoms with E-state index in [9.17, 15) is 10.1 Å². The van der Waals surface area contributed by atoms with E-state index in [4.69, 9.17) is 24.7 Å². The Morgan fingerprint density at radius 3 is 2.57 bits per heavy atom. The van der Waals surface area contributed by atoms with Crippen molar-refractivity contribution in [1.82, 2.24) is 0 Å². The van der Waals surface area contributed by atoms with Gasteiger partial charge in [-0.25, -0.2) is 4.79 Å². The monoisotopic (exact) mass is 404 g/mol. The number of nitrogens with zero attached hydrogens (tertiary/aromatic N) is 1. The van der Waals surface area contributed by atoms with Crippen molar-refractivity contribution in [2.45, 2.75) is 19.8 Å². The third-order valence-corrected chi connectivity index (χ3v) is 5.05. The summed E-state index contributed by atoms with van der Waals surface area (Å²) in [6, 6.07) is 15.4. The van der Waals surface area contributed by atoms with Gasteiger partial charge in [0.25, 0.3) is 0 Å². The fraction of sp³-hybridized carbons (Fsp3) is 0.217. The number of hydrogen-bond acceptors (Lipinski definition) is 7. The summed E-state index contributed by atoms with van der Waals surface area (Å²) in [6.07, 6.45) is 0. The molecule has 0 aliphatic carbocycles. The van der Waals surface area contributed by atoms with Gasteiger partial charge in [-0.15, -0.1) is 0 Å². The van der Waals surface area contributed by atoms with Gasteiger partial charge in [-0.3, -0.25) is 0 Å². The van der Waals surface area contributed by atoms with Crippen LogP contribution in [0.15, 0.2) is 65.3 Å². The predicted octanol–water partition coefficient (Wildman–Crippen LogP) is 3.73. The lowest BCUT2D eigenvalue weighted by molar-refractivity contribution is -0.139. The first-order chi connectivity index (χ1) is 14.5. The first-order valence-electron chi connectivity index (χ1n) is 9.49. The molecule has 1 unspecified atom stereocenters. The van der Waals surface area contributed by atoms with E-state index >= 15 is 0 Å². The molecular weight excluding hydrogens is 384 g/mol. The minimum atomic E-state index is -0.659. The summed E-state index contributed by atoms with van der Waals surface area (Å²) in [5, 5.41) is 9.66. The third-order valence-electron chi connectivity index (χ3n) is 5.05. The summed E-state index contributed by atoms with van der Waals surface area (Å²) in [5.41, 5.74) is 9.06. The van der Waals surface area contributed by atoms with Crippen molar-refractivity contribution in [3.63, 3.8) is 0 Å². The lowest BCUT2D eigenvalue weighted by atomic mass is 9.82. The van der Waals surface area contributed by atoms with E-state index in [2.05, 4.69) is 6.07 Å². The van der Waals surface area contributed by atoms with E-state index in [0.29, 0.717) is 11.5 Å². The first kappa shape index (κ1) is 19.4. The van der Waals surface area contributed by atoms with Crippen molar-refractivity contribution < 1.29 is 23.7 Å². The van der Waals surface area contributed by atoms with Crippen molar-refractivity contribution in [3.8, 4) is 28.7 Å². The number of nitriles is 1. The fourth-order valence-corrected chi connectivity index (χ4v) is 3.63. The zero-order valence-corrected chi connectivity index (χ0v) is 16.6. The maximum Gasteiger partial charge on any atom is 0.338 e. The minimum absolute atomic E-state index is 0.00658. The average molecular weight is 404 g/mol. The number of carbonyl (C=O) groups is 1. The van der Waals surface area contributed by atoms with Gasteiger partial charge in [0.05, 0.1) is 18.1 Å². The Hall–Kier alpha value is -3.92. The molecule has 0 saturated carbocycles. The zero-order chi connectivity index (χ0) is 21.3. The molecular formula is C23H20N2O5. The van der Waals surface area contributed by atoms with Gasteiger partial charge in [0.1, 0.15) is 17.4 Å².